The summed E-state index contributed by atoms with van der Waals surface area (Å²) in [6.07, 6.45) is 12.3. The van der Waals surface area contributed by atoms with E-state index in [-0.39, 0.29) is 0 Å². The fourth-order valence-corrected chi connectivity index (χ4v) is 3.39. The molecule has 4 heterocycles. The van der Waals surface area contributed by atoms with E-state index in [1.807, 2.05) is 36.9 Å². The van der Waals surface area contributed by atoms with Gasteiger partial charge in [-0.15, -0.1) is 0 Å². The fourth-order valence-electron chi connectivity index (χ4n) is 3.39. The average molecular weight is 346 g/mol. The molecule has 26 heavy (non-hydrogen) atoms. The molecule has 5 heteroatoms. The van der Waals surface area contributed by atoms with Crippen LogP contribution < -0.4 is 0 Å². The predicted molar refractivity (Wildman–Crippen MR) is 99.0 cm³/mol. The Hall–Kier alpha value is -2.63. The number of hydrogen-bond acceptors (Lipinski definition) is 5. The molecule has 0 radical (unpaired) electrons. The van der Waals surface area contributed by atoms with Crippen LogP contribution in [0.1, 0.15) is 27.8 Å². The Bertz CT molecular complexity index is 825. The second-order valence-corrected chi connectivity index (χ2v) is 6.60. The van der Waals surface area contributed by atoms with Crippen molar-refractivity contribution in [1.82, 2.24) is 19.9 Å². The van der Waals surface area contributed by atoms with E-state index in [0.717, 1.165) is 31.6 Å². The number of ether oxygens (including phenoxy) is 1. The van der Waals surface area contributed by atoms with Crippen LogP contribution >= 0.6 is 0 Å². The van der Waals surface area contributed by atoms with Crippen LogP contribution in [-0.4, -0.2) is 26.4 Å². The maximum absolute atomic E-state index is 5.91. The minimum atomic E-state index is 0.598. The molecule has 3 aromatic heterocycles. The van der Waals surface area contributed by atoms with Gasteiger partial charge in [0.15, 0.2) is 0 Å². The summed E-state index contributed by atoms with van der Waals surface area (Å²) in [6.45, 7) is 4.13. The number of nitrogens with zero attached hydrogens (tertiary/aromatic N) is 4. The molecular formula is C21H22N4O. The maximum atomic E-state index is 5.91. The first-order valence-electron chi connectivity index (χ1n) is 8.91. The molecule has 0 N–H and O–H groups in total. The van der Waals surface area contributed by atoms with Gasteiger partial charge in [0.05, 0.1) is 13.2 Å². The summed E-state index contributed by atoms with van der Waals surface area (Å²) in [5.41, 5.74) is 6.37. The van der Waals surface area contributed by atoms with Crippen molar-refractivity contribution in [2.45, 2.75) is 32.7 Å². The summed E-state index contributed by atoms with van der Waals surface area (Å²) in [5, 5.41) is 0. The molecule has 0 fully saturated rings. The van der Waals surface area contributed by atoms with Gasteiger partial charge in [-0.25, -0.2) is 0 Å². The van der Waals surface area contributed by atoms with Crippen LogP contribution in [0.25, 0.3) is 0 Å². The number of aromatic nitrogens is 3. The van der Waals surface area contributed by atoms with Gasteiger partial charge in [0, 0.05) is 56.8 Å². The van der Waals surface area contributed by atoms with E-state index in [1.165, 1.54) is 22.3 Å². The Balaban J connectivity index is 1.38. The van der Waals surface area contributed by atoms with Gasteiger partial charge in [-0.1, -0.05) is 0 Å². The molecule has 132 valence electrons. The quantitative estimate of drug-likeness (QED) is 0.686. The third kappa shape index (κ3) is 4.12. The van der Waals surface area contributed by atoms with Crippen molar-refractivity contribution in [3.8, 4) is 0 Å². The highest BCUT2D eigenvalue weighted by atomic mass is 16.5. The molecule has 0 atom stereocenters. The van der Waals surface area contributed by atoms with Crippen LogP contribution in [0.3, 0.4) is 0 Å². The normalized spacial score (nSPS) is 14.2. The van der Waals surface area contributed by atoms with Crippen LogP contribution in [0.5, 0.6) is 0 Å². The third-order valence-corrected chi connectivity index (χ3v) is 4.74. The van der Waals surface area contributed by atoms with Gasteiger partial charge in [0.1, 0.15) is 0 Å². The molecule has 0 aliphatic carbocycles. The van der Waals surface area contributed by atoms with Crippen LogP contribution in [0.15, 0.2) is 61.4 Å². The molecule has 0 saturated carbocycles. The summed E-state index contributed by atoms with van der Waals surface area (Å²) < 4.78 is 5.91. The molecule has 1 aliphatic heterocycles. The molecule has 0 spiro atoms. The molecular weight excluding hydrogens is 324 g/mol. The standard InChI is InChI=1S/C21H22N4O/c1-6-22-7-2-17(1)13-25-10-5-21-19(14-25)11-24-12-20(21)16-26-15-18-3-8-23-9-4-18/h1-4,6-9,11-12H,5,10,13-16H2. The van der Waals surface area contributed by atoms with Gasteiger partial charge in [-0.2, -0.15) is 0 Å². The Kier molecular flexibility index (Phi) is 5.28. The second-order valence-electron chi connectivity index (χ2n) is 6.60. The molecule has 0 unspecified atom stereocenters. The fraction of sp³-hybridized carbons (Fsp3) is 0.286. The first-order chi connectivity index (χ1) is 12.9. The Labute approximate surface area is 153 Å². The highest BCUT2D eigenvalue weighted by Crippen LogP contribution is 2.23. The zero-order chi connectivity index (χ0) is 17.6. The van der Waals surface area contributed by atoms with Crippen molar-refractivity contribution in [3.05, 3.63) is 89.3 Å². The van der Waals surface area contributed by atoms with Gasteiger partial charge < -0.3 is 4.74 Å². The highest BCUT2D eigenvalue weighted by molar-refractivity contribution is 5.33. The molecule has 0 amide bonds. The van der Waals surface area contributed by atoms with E-state index in [0.29, 0.717) is 13.2 Å². The lowest BCUT2D eigenvalue weighted by atomic mass is 9.97. The van der Waals surface area contributed by atoms with E-state index >= 15 is 0 Å². The molecule has 3 aromatic rings. The zero-order valence-corrected chi connectivity index (χ0v) is 14.7. The Morgan fingerprint density at radius 2 is 1.58 bits per heavy atom. The van der Waals surface area contributed by atoms with E-state index in [4.69, 9.17) is 4.74 Å². The highest BCUT2D eigenvalue weighted by Gasteiger charge is 2.19. The van der Waals surface area contributed by atoms with Crippen molar-refractivity contribution >= 4 is 0 Å². The minimum absolute atomic E-state index is 0.598. The van der Waals surface area contributed by atoms with Crippen molar-refractivity contribution in [2.75, 3.05) is 6.54 Å². The summed E-state index contributed by atoms with van der Waals surface area (Å²) in [4.78, 5) is 15.0. The lowest BCUT2D eigenvalue weighted by Gasteiger charge is -2.29. The summed E-state index contributed by atoms with van der Waals surface area (Å²) in [6, 6.07) is 8.12. The molecule has 0 aromatic carbocycles. The molecule has 0 saturated heterocycles. The van der Waals surface area contributed by atoms with Crippen molar-refractivity contribution in [3.63, 3.8) is 0 Å². The molecule has 5 nitrogen and oxygen atoms in total. The molecule has 1 aliphatic rings. The maximum Gasteiger partial charge on any atom is 0.0739 e. The van der Waals surface area contributed by atoms with Crippen LogP contribution in [-0.2, 0) is 37.5 Å². The number of fused-ring (bicyclic) bond motifs is 1. The van der Waals surface area contributed by atoms with E-state index in [9.17, 15) is 0 Å². The Morgan fingerprint density at radius 3 is 2.35 bits per heavy atom. The molecule has 4 rings (SSSR count). The number of pyridine rings is 3. The van der Waals surface area contributed by atoms with Gasteiger partial charge >= 0.3 is 0 Å². The van der Waals surface area contributed by atoms with Crippen molar-refractivity contribution in [1.29, 1.82) is 0 Å². The lowest BCUT2D eigenvalue weighted by Crippen LogP contribution is -2.31. The first kappa shape index (κ1) is 16.8. The van der Waals surface area contributed by atoms with E-state index in [2.05, 4.69) is 32.0 Å². The number of hydrogen-bond donors (Lipinski definition) is 0. The van der Waals surface area contributed by atoms with Crippen molar-refractivity contribution < 1.29 is 4.74 Å². The summed E-state index contributed by atoms with van der Waals surface area (Å²) in [7, 11) is 0. The van der Waals surface area contributed by atoms with Gasteiger partial charge in [-0.05, 0) is 58.5 Å². The van der Waals surface area contributed by atoms with E-state index < -0.39 is 0 Å². The van der Waals surface area contributed by atoms with Crippen LogP contribution in [0.4, 0.5) is 0 Å². The monoisotopic (exact) mass is 346 g/mol. The summed E-state index contributed by atoms with van der Waals surface area (Å²) in [5.74, 6) is 0. The lowest BCUT2D eigenvalue weighted by molar-refractivity contribution is 0.105. The average Bonchev–Trinajstić information content (AvgIpc) is 2.70. The molecule has 0 bridgehead atoms. The Morgan fingerprint density at radius 1 is 0.846 bits per heavy atom. The second kappa shape index (κ2) is 8.17. The summed E-state index contributed by atoms with van der Waals surface area (Å²) >= 11 is 0. The zero-order valence-electron chi connectivity index (χ0n) is 14.7. The minimum Gasteiger partial charge on any atom is -0.372 e. The topological polar surface area (TPSA) is 51.1 Å². The predicted octanol–water partition coefficient (Wildman–Crippen LogP) is 3.15. The van der Waals surface area contributed by atoms with E-state index in [1.54, 1.807) is 12.4 Å². The van der Waals surface area contributed by atoms with Crippen LogP contribution in [0.2, 0.25) is 0 Å². The van der Waals surface area contributed by atoms with Crippen LogP contribution in [0, 0.1) is 0 Å². The number of rotatable bonds is 6. The van der Waals surface area contributed by atoms with Crippen molar-refractivity contribution in [2.24, 2.45) is 0 Å². The smallest absolute Gasteiger partial charge is 0.0739 e. The first-order valence-corrected chi connectivity index (χ1v) is 8.91. The van der Waals surface area contributed by atoms with Gasteiger partial charge in [0.25, 0.3) is 0 Å². The SMILES string of the molecule is c1cc(COCc2cncc3c2CCN(Cc2ccncc2)C3)ccn1. The largest absolute Gasteiger partial charge is 0.372 e. The third-order valence-electron chi connectivity index (χ3n) is 4.74. The van der Waals surface area contributed by atoms with Gasteiger partial charge in [0.2, 0.25) is 0 Å². The van der Waals surface area contributed by atoms with Gasteiger partial charge in [-0.3, -0.25) is 19.9 Å².